The number of fused-ring (bicyclic) bond motifs is 3. The SMILES string of the molecule is CCCNC(=O)OC[C@]12CO[C@@H]3c4ccccc4O[C@@](C)(C[C@H]1C)[C@@H]3[C@@H]2C. The number of para-hydroxylation sites is 1. The summed E-state index contributed by atoms with van der Waals surface area (Å²) >= 11 is 0. The molecule has 1 aromatic rings. The van der Waals surface area contributed by atoms with Gasteiger partial charge in [-0.3, -0.25) is 0 Å². The van der Waals surface area contributed by atoms with Gasteiger partial charge in [-0.15, -0.1) is 0 Å². The van der Waals surface area contributed by atoms with Gasteiger partial charge in [0.25, 0.3) is 0 Å². The number of nitrogens with one attached hydrogen (secondary N) is 1. The second-order valence-corrected chi connectivity index (χ2v) is 8.84. The predicted octanol–water partition coefficient (Wildman–Crippen LogP) is 4.32. The molecule has 2 heterocycles. The third-order valence-corrected chi connectivity index (χ3v) is 7.26. The molecule has 1 N–H and O–H groups in total. The van der Waals surface area contributed by atoms with Crippen LogP contribution in [-0.2, 0) is 9.47 Å². The van der Waals surface area contributed by atoms with Crippen molar-refractivity contribution in [3.63, 3.8) is 0 Å². The molecule has 4 rings (SSSR count). The maximum Gasteiger partial charge on any atom is 0.407 e. The zero-order chi connectivity index (χ0) is 19.2. The molecular formula is C22H31NO4. The monoisotopic (exact) mass is 373 g/mol. The molecule has 1 aromatic carbocycles. The zero-order valence-corrected chi connectivity index (χ0v) is 16.8. The maximum atomic E-state index is 12.0. The van der Waals surface area contributed by atoms with Crippen LogP contribution in [0.5, 0.6) is 5.75 Å². The van der Waals surface area contributed by atoms with E-state index in [1.807, 2.05) is 25.1 Å². The molecule has 0 spiro atoms. The Morgan fingerprint density at radius 3 is 2.89 bits per heavy atom. The van der Waals surface area contributed by atoms with E-state index < -0.39 is 0 Å². The van der Waals surface area contributed by atoms with E-state index in [1.165, 1.54) is 0 Å². The van der Waals surface area contributed by atoms with Crippen LogP contribution in [-0.4, -0.2) is 31.5 Å². The summed E-state index contributed by atoms with van der Waals surface area (Å²) in [5, 5.41) is 2.81. The quantitative estimate of drug-likeness (QED) is 0.854. The summed E-state index contributed by atoms with van der Waals surface area (Å²) in [6.07, 6.45) is 1.56. The van der Waals surface area contributed by atoms with Gasteiger partial charge in [-0.1, -0.05) is 39.0 Å². The fourth-order valence-corrected chi connectivity index (χ4v) is 5.73. The van der Waals surface area contributed by atoms with E-state index in [0.717, 1.165) is 24.2 Å². The lowest BCUT2D eigenvalue weighted by molar-refractivity contribution is -0.259. The molecule has 1 amide bonds. The smallest absolute Gasteiger partial charge is 0.407 e. The minimum absolute atomic E-state index is 0.0458. The Bertz CT molecular complexity index is 722. The number of benzene rings is 1. The van der Waals surface area contributed by atoms with Crippen LogP contribution in [0.2, 0.25) is 0 Å². The van der Waals surface area contributed by atoms with E-state index in [4.69, 9.17) is 14.2 Å². The lowest BCUT2D eigenvalue weighted by atomic mass is 9.50. The fourth-order valence-electron chi connectivity index (χ4n) is 5.73. The average molecular weight is 373 g/mol. The van der Waals surface area contributed by atoms with E-state index in [9.17, 15) is 4.79 Å². The summed E-state index contributed by atoms with van der Waals surface area (Å²) in [6, 6.07) is 8.24. The van der Waals surface area contributed by atoms with Crippen molar-refractivity contribution in [2.24, 2.45) is 23.2 Å². The van der Waals surface area contributed by atoms with E-state index in [0.29, 0.717) is 31.6 Å². The molecule has 2 fully saturated rings. The van der Waals surface area contributed by atoms with Gasteiger partial charge in [0.1, 0.15) is 18.0 Å². The van der Waals surface area contributed by atoms with Crippen LogP contribution in [0, 0.1) is 23.2 Å². The van der Waals surface area contributed by atoms with Gasteiger partial charge >= 0.3 is 6.09 Å². The highest BCUT2D eigenvalue weighted by Gasteiger charge is 2.64. The molecule has 0 radical (unpaired) electrons. The topological polar surface area (TPSA) is 56.8 Å². The van der Waals surface area contributed by atoms with Crippen LogP contribution in [0.3, 0.4) is 0 Å². The first-order valence-corrected chi connectivity index (χ1v) is 10.2. The highest BCUT2D eigenvalue weighted by Crippen LogP contribution is 2.63. The van der Waals surface area contributed by atoms with Gasteiger partial charge in [-0.2, -0.15) is 0 Å². The highest BCUT2D eigenvalue weighted by molar-refractivity contribution is 5.67. The highest BCUT2D eigenvalue weighted by atomic mass is 16.6. The Kier molecular flexibility index (Phi) is 4.61. The summed E-state index contributed by atoms with van der Waals surface area (Å²) in [6.45, 7) is 10.4. The first-order chi connectivity index (χ1) is 12.9. The second kappa shape index (κ2) is 6.69. The van der Waals surface area contributed by atoms with Crippen molar-refractivity contribution in [1.29, 1.82) is 0 Å². The molecule has 5 heteroatoms. The Morgan fingerprint density at radius 2 is 2.11 bits per heavy atom. The van der Waals surface area contributed by atoms with E-state index in [-0.39, 0.29) is 29.1 Å². The molecule has 6 atom stereocenters. The fraction of sp³-hybridized carbons (Fsp3) is 0.682. The lowest BCUT2D eigenvalue weighted by Crippen LogP contribution is -2.66. The van der Waals surface area contributed by atoms with Gasteiger partial charge in [0.05, 0.1) is 12.7 Å². The molecule has 1 saturated heterocycles. The predicted molar refractivity (Wildman–Crippen MR) is 103 cm³/mol. The van der Waals surface area contributed by atoms with Gasteiger partial charge in [0, 0.05) is 23.4 Å². The van der Waals surface area contributed by atoms with Crippen LogP contribution in [0.1, 0.15) is 52.2 Å². The molecule has 27 heavy (non-hydrogen) atoms. The van der Waals surface area contributed by atoms with Crippen LogP contribution in [0.4, 0.5) is 4.79 Å². The molecule has 0 aromatic heterocycles. The lowest BCUT2D eigenvalue weighted by Gasteiger charge is -2.63. The summed E-state index contributed by atoms with van der Waals surface area (Å²) in [4.78, 5) is 12.0. The van der Waals surface area contributed by atoms with Crippen LogP contribution in [0.15, 0.2) is 24.3 Å². The number of hydrogen-bond donors (Lipinski definition) is 1. The Labute approximate surface area is 161 Å². The molecule has 148 valence electrons. The van der Waals surface area contributed by atoms with Crippen LogP contribution < -0.4 is 10.1 Å². The Hall–Kier alpha value is -1.75. The molecular weight excluding hydrogens is 342 g/mol. The van der Waals surface area contributed by atoms with Crippen molar-refractivity contribution in [1.82, 2.24) is 5.32 Å². The van der Waals surface area contributed by atoms with Crippen LogP contribution >= 0.6 is 0 Å². The molecule has 5 nitrogen and oxygen atoms in total. The molecule has 0 unspecified atom stereocenters. The first kappa shape index (κ1) is 18.6. The summed E-state index contributed by atoms with van der Waals surface area (Å²) in [5.74, 6) is 1.86. The Balaban J connectivity index is 1.61. The summed E-state index contributed by atoms with van der Waals surface area (Å²) < 4.78 is 18.7. The zero-order valence-electron chi connectivity index (χ0n) is 16.8. The number of ether oxygens (including phenoxy) is 3. The summed E-state index contributed by atoms with van der Waals surface area (Å²) in [5.41, 5.74) is 0.725. The van der Waals surface area contributed by atoms with Gasteiger partial charge in [0.2, 0.25) is 0 Å². The minimum Gasteiger partial charge on any atom is -0.487 e. The third kappa shape index (κ3) is 2.82. The second-order valence-electron chi connectivity index (χ2n) is 8.84. The number of rotatable bonds is 4. The van der Waals surface area contributed by atoms with Crippen molar-refractivity contribution in [2.75, 3.05) is 19.8 Å². The molecule has 2 aliphatic heterocycles. The van der Waals surface area contributed by atoms with E-state index in [2.05, 4.69) is 32.2 Å². The van der Waals surface area contributed by atoms with E-state index >= 15 is 0 Å². The minimum atomic E-state index is -0.327. The summed E-state index contributed by atoms with van der Waals surface area (Å²) in [7, 11) is 0. The third-order valence-electron chi connectivity index (χ3n) is 7.26. The van der Waals surface area contributed by atoms with Crippen molar-refractivity contribution < 1.29 is 19.0 Å². The molecule has 3 aliphatic rings. The van der Waals surface area contributed by atoms with E-state index in [1.54, 1.807) is 0 Å². The van der Waals surface area contributed by atoms with Gasteiger partial charge < -0.3 is 19.5 Å². The Morgan fingerprint density at radius 1 is 1.33 bits per heavy atom. The van der Waals surface area contributed by atoms with Crippen molar-refractivity contribution in [3.8, 4) is 5.75 Å². The van der Waals surface area contributed by atoms with Gasteiger partial charge in [0.15, 0.2) is 0 Å². The average Bonchev–Trinajstić information content (AvgIpc) is 2.64. The van der Waals surface area contributed by atoms with Gasteiger partial charge in [-0.05, 0) is 37.7 Å². The number of hydrogen-bond acceptors (Lipinski definition) is 4. The maximum absolute atomic E-state index is 12.0. The van der Waals surface area contributed by atoms with Crippen molar-refractivity contribution >= 4 is 6.09 Å². The van der Waals surface area contributed by atoms with Crippen molar-refractivity contribution in [3.05, 3.63) is 29.8 Å². The molecule has 1 saturated carbocycles. The molecule has 1 aliphatic carbocycles. The standard InChI is InChI=1S/C22H31NO4/c1-5-10-23-20(24)26-13-22-12-25-19-16-8-6-7-9-17(16)27-21(4,11-14(22)2)18(19)15(22)3/h6-9,14-15,18-19H,5,10-13H2,1-4H3,(H,23,24)/t14-,15+,18-,19-,21+,22-/m1/s1. The number of alkyl carbamates (subject to hydrolysis) is 1. The first-order valence-electron chi connectivity index (χ1n) is 10.2. The normalized spacial score (nSPS) is 39.1. The van der Waals surface area contributed by atoms with Gasteiger partial charge in [-0.25, -0.2) is 4.79 Å². The number of amides is 1. The molecule has 2 bridgehead atoms. The number of carbonyl (C=O) groups excluding carboxylic acids is 1. The van der Waals surface area contributed by atoms with Crippen LogP contribution in [0.25, 0.3) is 0 Å². The largest absolute Gasteiger partial charge is 0.487 e. The number of carbonyl (C=O) groups is 1. The van der Waals surface area contributed by atoms with Crippen molar-refractivity contribution in [2.45, 2.75) is 52.2 Å².